The van der Waals surface area contributed by atoms with E-state index in [1.165, 1.54) is 6.92 Å². The quantitative estimate of drug-likeness (QED) is 0.833. The van der Waals surface area contributed by atoms with E-state index in [4.69, 9.17) is 4.74 Å². The van der Waals surface area contributed by atoms with Gasteiger partial charge in [-0.15, -0.1) is 0 Å². The molecule has 0 saturated carbocycles. The van der Waals surface area contributed by atoms with Gasteiger partial charge in [0.05, 0.1) is 0 Å². The molecule has 1 atom stereocenters. The van der Waals surface area contributed by atoms with Crippen LogP contribution in [0.25, 0.3) is 0 Å². The van der Waals surface area contributed by atoms with Gasteiger partial charge in [-0.25, -0.2) is 0 Å². The Morgan fingerprint density at radius 2 is 2.06 bits per heavy atom. The van der Waals surface area contributed by atoms with Crippen LogP contribution in [-0.4, -0.2) is 18.3 Å². The second-order valence-corrected chi connectivity index (χ2v) is 3.56. The number of aryl methyl sites for hydroxylation is 1. The summed E-state index contributed by atoms with van der Waals surface area (Å²) in [6.07, 6.45) is -5.94. The van der Waals surface area contributed by atoms with Crippen molar-refractivity contribution in [2.45, 2.75) is 26.3 Å². The summed E-state index contributed by atoms with van der Waals surface area (Å²) in [7, 11) is 0. The summed E-state index contributed by atoms with van der Waals surface area (Å²) >= 11 is 0. The molecule has 1 aromatic rings. The largest absolute Gasteiger partial charge is 0.484 e. The highest BCUT2D eigenvalue weighted by atomic mass is 19.4. The van der Waals surface area contributed by atoms with Gasteiger partial charge in [-0.2, -0.15) is 13.2 Å². The Bertz CT molecular complexity index is 404. The van der Waals surface area contributed by atoms with Crippen LogP contribution in [0.4, 0.5) is 13.2 Å². The smallest absolute Gasteiger partial charge is 0.481 e. The molecule has 1 rings (SSSR count). The van der Waals surface area contributed by atoms with Crippen molar-refractivity contribution in [1.29, 1.82) is 0 Å². The number of halogens is 3. The van der Waals surface area contributed by atoms with E-state index in [0.717, 1.165) is 10.9 Å². The minimum Gasteiger partial charge on any atom is -0.481 e. The number of carbonyl (C=O) groups excluding carboxylic acids is 1. The highest BCUT2D eigenvalue weighted by Gasteiger charge is 2.32. The van der Waals surface area contributed by atoms with E-state index >= 15 is 0 Å². The molecule has 0 aliphatic rings. The third kappa shape index (κ3) is 4.76. The zero-order chi connectivity index (χ0) is 13.1. The Labute approximate surface area is 96.6 Å². The van der Waals surface area contributed by atoms with Gasteiger partial charge in [0.1, 0.15) is 5.75 Å². The minimum atomic E-state index is -4.73. The number of ether oxygens (including phenoxy) is 1. The van der Waals surface area contributed by atoms with Gasteiger partial charge in [0.2, 0.25) is 0 Å². The van der Waals surface area contributed by atoms with E-state index in [2.05, 4.69) is 0 Å². The third-order valence-corrected chi connectivity index (χ3v) is 1.94. The average Bonchev–Trinajstić information content (AvgIpc) is 2.14. The summed E-state index contributed by atoms with van der Waals surface area (Å²) in [6, 6.07) is 6.72. The molecule has 17 heavy (non-hydrogen) atoms. The summed E-state index contributed by atoms with van der Waals surface area (Å²) < 4.78 is 40.7. The topological polar surface area (TPSA) is 38.3 Å². The maximum atomic E-state index is 11.9. The Hall–Kier alpha value is -1.72. The SMILES string of the molecule is Cc1cccc(OC(C)C(=O)NC(F)(F)F)c1. The van der Waals surface area contributed by atoms with Crippen molar-refractivity contribution < 1.29 is 22.7 Å². The van der Waals surface area contributed by atoms with Crippen LogP contribution in [0.5, 0.6) is 5.75 Å². The number of hydrogen-bond acceptors (Lipinski definition) is 2. The molecule has 0 saturated heterocycles. The van der Waals surface area contributed by atoms with Crippen molar-refractivity contribution in [3.63, 3.8) is 0 Å². The van der Waals surface area contributed by atoms with Gasteiger partial charge in [-0.05, 0) is 31.5 Å². The molecule has 0 aromatic heterocycles. The van der Waals surface area contributed by atoms with Crippen LogP contribution in [0, 0.1) is 6.92 Å². The highest BCUT2D eigenvalue weighted by molar-refractivity contribution is 5.80. The first kappa shape index (κ1) is 13.3. The molecule has 1 amide bonds. The molecule has 1 unspecified atom stereocenters. The van der Waals surface area contributed by atoms with Crippen LogP contribution < -0.4 is 10.1 Å². The summed E-state index contributed by atoms with van der Waals surface area (Å²) in [6.45, 7) is 3.07. The van der Waals surface area contributed by atoms with Gasteiger partial charge in [-0.3, -0.25) is 10.1 Å². The first-order chi connectivity index (χ1) is 7.78. The lowest BCUT2D eigenvalue weighted by molar-refractivity contribution is -0.173. The number of hydrogen-bond donors (Lipinski definition) is 1. The van der Waals surface area contributed by atoms with Gasteiger partial charge in [0.15, 0.2) is 6.10 Å². The van der Waals surface area contributed by atoms with Crippen LogP contribution in [-0.2, 0) is 4.79 Å². The standard InChI is InChI=1S/C11H12F3NO2/c1-7-4-3-5-9(6-7)17-8(2)10(16)15-11(12,13)14/h3-6,8H,1-2H3,(H,15,16). The fraction of sp³-hybridized carbons (Fsp3) is 0.364. The van der Waals surface area contributed by atoms with Crippen LogP contribution in [0.3, 0.4) is 0 Å². The summed E-state index contributed by atoms with van der Waals surface area (Å²) in [4.78, 5) is 11.1. The molecule has 0 radical (unpaired) electrons. The molecule has 0 bridgehead atoms. The van der Waals surface area contributed by atoms with E-state index in [-0.39, 0.29) is 0 Å². The monoisotopic (exact) mass is 247 g/mol. The number of alkyl halides is 3. The summed E-state index contributed by atoms with van der Waals surface area (Å²) in [5.74, 6) is -0.867. The predicted octanol–water partition coefficient (Wildman–Crippen LogP) is 2.40. The number of nitrogens with one attached hydrogen (secondary N) is 1. The van der Waals surface area contributed by atoms with E-state index in [1.54, 1.807) is 18.2 Å². The number of rotatable bonds is 3. The van der Waals surface area contributed by atoms with Crippen LogP contribution in [0.2, 0.25) is 0 Å². The lowest BCUT2D eigenvalue weighted by Crippen LogP contribution is -2.44. The van der Waals surface area contributed by atoms with Crippen molar-refractivity contribution in [3.05, 3.63) is 29.8 Å². The number of amides is 1. The van der Waals surface area contributed by atoms with Crippen molar-refractivity contribution in [1.82, 2.24) is 5.32 Å². The minimum absolute atomic E-state index is 0.356. The fourth-order valence-corrected chi connectivity index (χ4v) is 1.19. The van der Waals surface area contributed by atoms with E-state index < -0.39 is 18.3 Å². The molecule has 94 valence electrons. The zero-order valence-electron chi connectivity index (χ0n) is 9.34. The normalized spacial score (nSPS) is 13.0. The molecule has 0 aliphatic heterocycles. The highest BCUT2D eigenvalue weighted by Crippen LogP contribution is 2.15. The maximum Gasteiger partial charge on any atom is 0.484 e. The number of benzene rings is 1. The van der Waals surface area contributed by atoms with Crippen molar-refractivity contribution in [3.8, 4) is 5.75 Å². The van der Waals surface area contributed by atoms with Crippen molar-refractivity contribution in [2.24, 2.45) is 0 Å². The first-order valence-electron chi connectivity index (χ1n) is 4.90. The Morgan fingerprint density at radius 3 is 2.59 bits per heavy atom. The molecular weight excluding hydrogens is 235 g/mol. The molecular formula is C11H12F3NO2. The molecule has 1 aromatic carbocycles. The van der Waals surface area contributed by atoms with Crippen LogP contribution >= 0.6 is 0 Å². The zero-order valence-corrected chi connectivity index (χ0v) is 9.34. The Balaban J connectivity index is 2.60. The second kappa shape index (κ2) is 5.07. The second-order valence-electron chi connectivity index (χ2n) is 3.56. The molecule has 6 heteroatoms. The van der Waals surface area contributed by atoms with Crippen molar-refractivity contribution >= 4 is 5.91 Å². The van der Waals surface area contributed by atoms with Gasteiger partial charge in [0.25, 0.3) is 5.91 Å². The van der Waals surface area contributed by atoms with Crippen LogP contribution in [0.15, 0.2) is 24.3 Å². The fourth-order valence-electron chi connectivity index (χ4n) is 1.19. The molecule has 0 aliphatic carbocycles. The lowest BCUT2D eigenvalue weighted by atomic mass is 10.2. The molecule has 1 N–H and O–H groups in total. The summed E-state index contributed by atoms with van der Waals surface area (Å²) in [5.41, 5.74) is 0.894. The number of carbonyl (C=O) groups is 1. The molecule has 3 nitrogen and oxygen atoms in total. The Morgan fingerprint density at radius 1 is 1.41 bits per heavy atom. The first-order valence-corrected chi connectivity index (χ1v) is 4.90. The Kier molecular flexibility index (Phi) is 3.98. The molecule has 0 fully saturated rings. The average molecular weight is 247 g/mol. The lowest BCUT2D eigenvalue weighted by Gasteiger charge is -2.16. The van der Waals surface area contributed by atoms with Gasteiger partial charge in [-0.1, -0.05) is 12.1 Å². The predicted molar refractivity (Wildman–Crippen MR) is 55.5 cm³/mol. The van der Waals surface area contributed by atoms with E-state index in [9.17, 15) is 18.0 Å². The van der Waals surface area contributed by atoms with Crippen molar-refractivity contribution in [2.75, 3.05) is 0 Å². The molecule has 0 spiro atoms. The van der Waals surface area contributed by atoms with Gasteiger partial charge >= 0.3 is 6.30 Å². The summed E-state index contributed by atoms with van der Waals surface area (Å²) in [5, 5.41) is 0.890. The van der Waals surface area contributed by atoms with Crippen LogP contribution in [0.1, 0.15) is 12.5 Å². The third-order valence-electron chi connectivity index (χ3n) is 1.94. The van der Waals surface area contributed by atoms with Gasteiger partial charge < -0.3 is 4.74 Å². The van der Waals surface area contributed by atoms with Gasteiger partial charge in [0, 0.05) is 0 Å². The van der Waals surface area contributed by atoms with E-state index in [0.29, 0.717) is 5.75 Å². The van der Waals surface area contributed by atoms with E-state index in [1.807, 2.05) is 13.0 Å². The molecule has 0 heterocycles. The maximum absolute atomic E-state index is 11.9.